The largest absolute Gasteiger partial charge is 0.488 e. The first kappa shape index (κ1) is 13.3. The predicted octanol–water partition coefficient (Wildman–Crippen LogP) is 3.25. The fourth-order valence-electron chi connectivity index (χ4n) is 1.33. The van der Waals surface area contributed by atoms with Crippen molar-refractivity contribution in [1.82, 2.24) is 5.32 Å². The van der Waals surface area contributed by atoms with Gasteiger partial charge in [0.2, 0.25) is 0 Å². The van der Waals surface area contributed by atoms with Crippen LogP contribution in [0.2, 0.25) is 5.02 Å². The first-order valence-corrected chi connectivity index (χ1v) is 5.87. The van der Waals surface area contributed by atoms with Gasteiger partial charge in [0.1, 0.15) is 17.7 Å². The molecule has 0 aliphatic carbocycles. The molecule has 0 radical (unpaired) electrons. The molecule has 4 heteroatoms. The number of hydrogen-bond donors (Lipinski definition) is 1. The number of hydrogen-bond acceptors (Lipinski definition) is 2. The maximum atomic E-state index is 12.8. The van der Waals surface area contributed by atoms with Gasteiger partial charge in [-0.05, 0) is 31.2 Å². The average molecular weight is 246 g/mol. The van der Waals surface area contributed by atoms with Crippen LogP contribution in [0, 0.1) is 5.82 Å². The van der Waals surface area contributed by atoms with Gasteiger partial charge in [0.25, 0.3) is 0 Å². The van der Waals surface area contributed by atoms with E-state index in [-0.39, 0.29) is 11.9 Å². The summed E-state index contributed by atoms with van der Waals surface area (Å²) in [7, 11) is 0. The van der Waals surface area contributed by atoms with Gasteiger partial charge >= 0.3 is 0 Å². The van der Waals surface area contributed by atoms with E-state index in [0.717, 1.165) is 19.5 Å². The van der Waals surface area contributed by atoms with E-state index in [0.29, 0.717) is 10.8 Å². The summed E-state index contributed by atoms with van der Waals surface area (Å²) in [5.74, 6) is 0.185. The minimum Gasteiger partial charge on any atom is -0.488 e. The van der Waals surface area contributed by atoms with Crippen LogP contribution in [-0.4, -0.2) is 19.2 Å². The summed E-state index contributed by atoms with van der Waals surface area (Å²) < 4.78 is 18.5. The Kier molecular flexibility index (Phi) is 5.56. The van der Waals surface area contributed by atoms with E-state index in [1.54, 1.807) is 6.07 Å². The summed E-state index contributed by atoms with van der Waals surface area (Å²) in [5.41, 5.74) is 0. The Morgan fingerprint density at radius 2 is 2.19 bits per heavy atom. The first-order valence-electron chi connectivity index (χ1n) is 5.49. The maximum Gasteiger partial charge on any atom is 0.138 e. The van der Waals surface area contributed by atoms with Gasteiger partial charge in [0.15, 0.2) is 0 Å². The van der Waals surface area contributed by atoms with Gasteiger partial charge in [0.05, 0.1) is 5.02 Å². The van der Waals surface area contributed by atoms with Gasteiger partial charge in [-0.25, -0.2) is 4.39 Å². The van der Waals surface area contributed by atoms with Gasteiger partial charge < -0.3 is 10.1 Å². The zero-order valence-electron chi connectivity index (χ0n) is 9.59. The molecule has 1 atom stereocenters. The normalized spacial score (nSPS) is 12.5. The molecule has 0 aliphatic heterocycles. The third kappa shape index (κ3) is 3.99. The fourth-order valence-corrected chi connectivity index (χ4v) is 1.54. The predicted molar refractivity (Wildman–Crippen MR) is 64.7 cm³/mol. The molecule has 1 aromatic carbocycles. The van der Waals surface area contributed by atoms with E-state index in [9.17, 15) is 4.39 Å². The molecular weight excluding hydrogens is 229 g/mol. The standard InChI is InChI=1S/C12H17ClFNO/c1-3-10(8-15-4-2)16-12-6-5-9(14)7-11(12)13/h5-7,10,15H,3-4,8H2,1-2H3. The molecule has 0 saturated heterocycles. The van der Waals surface area contributed by atoms with Crippen molar-refractivity contribution in [3.63, 3.8) is 0 Å². The minimum absolute atomic E-state index is 0.0583. The molecule has 0 aliphatic rings. The Bertz CT molecular complexity index is 333. The third-order valence-electron chi connectivity index (χ3n) is 2.26. The molecule has 0 aromatic heterocycles. The van der Waals surface area contributed by atoms with Crippen molar-refractivity contribution in [2.24, 2.45) is 0 Å². The lowest BCUT2D eigenvalue weighted by molar-refractivity contribution is 0.194. The van der Waals surface area contributed by atoms with E-state index < -0.39 is 0 Å². The van der Waals surface area contributed by atoms with Gasteiger partial charge in [-0.3, -0.25) is 0 Å². The lowest BCUT2D eigenvalue weighted by atomic mass is 10.2. The van der Waals surface area contributed by atoms with Crippen molar-refractivity contribution < 1.29 is 9.13 Å². The molecule has 0 fully saturated rings. The molecule has 90 valence electrons. The Labute approximate surface area is 101 Å². The van der Waals surface area contributed by atoms with E-state index in [4.69, 9.17) is 16.3 Å². The Morgan fingerprint density at radius 1 is 1.44 bits per heavy atom. The lowest BCUT2D eigenvalue weighted by Crippen LogP contribution is -2.30. The van der Waals surface area contributed by atoms with E-state index in [1.807, 2.05) is 13.8 Å². The quantitative estimate of drug-likeness (QED) is 0.831. The van der Waals surface area contributed by atoms with Gasteiger partial charge in [0, 0.05) is 6.54 Å². The number of rotatable bonds is 6. The number of benzene rings is 1. The first-order chi connectivity index (χ1) is 7.67. The molecule has 1 N–H and O–H groups in total. The van der Waals surface area contributed by atoms with Gasteiger partial charge in [-0.15, -0.1) is 0 Å². The second-order valence-corrected chi connectivity index (χ2v) is 3.94. The molecule has 1 rings (SSSR count). The average Bonchev–Trinajstić information content (AvgIpc) is 2.27. The summed E-state index contributed by atoms with van der Waals surface area (Å²) in [6.45, 7) is 5.74. The smallest absolute Gasteiger partial charge is 0.138 e. The number of nitrogens with one attached hydrogen (secondary N) is 1. The molecular formula is C12H17ClFNO. The van der Waals surface area contributed by atoms with E-state index >= 15 is 0 Å². The maximum absolute atomic E-state index is 12.8. The topological polar surface area (TPSA) is 21.3 Å². The van der Waals surface area contributed by atoms with Crippen LogP contribution >= 0.6 is 11.6 Å². The Hall–Kier alpha value is -0.800. The van der Waals surface area contributed by atoms with Gasteiger partial charge in [-0.1, -0.05) is 25.4 Å². The molecule has 1 unspecified atom stereocenters. The van der Waals surface area contributed by atoms with Crippen LogP contribution in [0.3, 0.4) is 0 Å². The zero-order chi connectivity index (χ0) is 12.0. The molecule has 0 spiro atoms. The molecule has 0 heterocycles. The highest BCUT2D eigenvalue weighted by Crippen LogP contribution is 2.26. The monoisotopic (exact) mass is 245 g/mol. The number of halogens is 2. The summed E-state index contributed by atoms with van der Waals surface area (Å²) >= 11 is 5.88. The molecule has 0 saturated carbocycles. The van der Waals surface area contributed by atoms with Crippen molar-refractivity contribution in [3.8, 4) is 5.75 Å². The molecule has 0 amide bonds. The third-order valence-corrected chi connectivity index (χ3v) is 2.56. The van der Waals surface area contributed by atoms with Crippen molar-refractivity contribution in [2.75, 3.05) is 13.1 Å². The zero-order valence-corrected chi connectivity index (χ0v) is 10.4. The fraction of sp³-hybridized carbons (Fsp3) is 0.500. The highest BCUT2D eigenvalue weighted by molar-refractivity contribution is 6.32. The second kappa shape index (κ2) is 6.71. The van der Waals surface area contributed by atoms with Crippen LogP contribution in [0.15, 0.2) is 18.2 Å². The number of likely N-dealkylation sites (N-methyl/N-ethyl adjacent to an activating group) is 1. The highest BCUT2D eigenvalue weighted by Gasteiger charge is 2.10. The SMILES string of the molecule is CCNCC(CC)Oc1ccc(F)cc1Cl. The van der Waals surface area contributed by atoms with Crippen molar-refractivity contribution >= 4 is 11.6 Å². The Balaban J connectivity index is 2.62. The lowest BCUT2D eigenvalue weighted by Gasteiger charge is -2.18. The molecule has 1 aromatic rings. The molecule has 2 nitrogen and oxygen atoms in total. The molecule has 0 bridgehead atoms. The summed E-state index contributed by atoms with van der Waals surface area (Å²) in [6, 6.07) is 4.17. The van der Waals surface area contributed by atoms with Crippen LogP contribution in [0.25, 0.3) is 0 Å². The van der Waals surface area contributed by atoms with Crippen LogP contribution in [-0.2, 0) is 0 Å². The van der Waals surface area contributed by atoms with Crippen molar-refractivity contribution in [3.05, 3.63) is 29.0 Å². The second-order valence-electron chi connectivity index (χ2n) is 3.53. The number of ether oxygens (including phenoxy) is 1. The van der Waals surface area contributed by atoms with Crippen molar-refractivity contribution in [2.45, 2.75) is 26.4 Å². The minimum atomic E-state index is -0.350. The Morgan fingerprint density at radius 3 is 2.75 bits per heavy atom. The van der Waals surface area contributed by atoms with E-state index in [1.165, 1.54) is 12.1 Å². The van der Waals surface area contributed by atoms with Crippen LogP contribution < -0.4 is 10.1 Å². The summed E-state index contributed by atoms with van der Waals surface area (Å²) in [4.78, 5) is 0. The molecule has 16 heavy (non-hydrogen) atoms. The van der Waals surface area contributed by atoms with Crippen molar-refractivity contribution in [1.29, 1.82) is 0 Å². The van der Waals surface area contributed by atoms with Crippen LogP contribution in [0.5, 0.6) is 5.75 Å². The highest BCUT2D eigenvalue weighted by atomic mass is 35.5. The van der Waals surface area contributed by atoms with Crippen LogP contribution in [0.4, 0.5) is 4.39 Å². The van der Waals surface area contributed by atoms with Crippen LogP contribution in [0.1, 0.15) is 20.3 Å². The summed E-state index contributed by atoms with van der Waals surface area (Å²) in [6.07, 6.45) is 0.934. The van der Waals surface area contributed by atoms with E-state index in [2.05, 4.69) is 5.32 Å². The van der Waals surface area contributed by atoms with Gasteiger partial charge in [-0.2, -0.15) is 0 Å². The summed E-state index contributed by atoms with van der Waals surface area (Å²) in [5, 5.41) is 3.52.